The summed E-state index contributed by atoms with van der Waals surface area (Å²) in [6.07, 6.45) is 4.29. The Bertz CT molecular complexity index is 502. The van der Waals surface area contributed by atoms with Crippen molar-refractivity contribution in [1.82, 2.24) is 4.31 Å². The van der Waals surface area contributed by atoms with Crippen LogP contribution < -0.4 is 0 Å². The standard InChI is InChI=1S/C13H21NO3S2/c1-2-3-11-4-6-14(7-5-11)19(16,17)13-8-12(9-15)10-18-13/h8,10-11,15H,2-7,9H2,1H3. The summed E-state index contributed by atoms with van der Waals surface area (Å²) in [5.41, 5.74) is 0.671. The number of rotatable bonds is 5. The zero-order valence-electron chi connectivity index (χ0n) is 11.2. The zero-order valence-corrected chi connectivity index (χ0v) is 12.8. The highest BCUT2D eigenvalue weighted by atomic mass is 32.2. The van der Waals surface area contributed by atoms with E-state index in [1.54, 1.807) is 15.8 Å². The Balaban J connectivity index is 2.05. The third-order valence-corrected chi connectivity index (χ3v) is 7.04. The van der Waals surface area contributed by atoms with E-state index < -0.39 is 10.0 Å². The van der Waals surface area contributed by atoms with Gasteiger partial charge in [0.1, 0.15) is 4.21 Å². The lowest BCUT2D eigenvalue weighted by molar-refractivity contribution is 0.262. The number of sulfonamides is 1. The van der Waals surface area contributed by atoms with Crippen LogP contribution >= 0.6 is 11.3 Å². The van der Waals surface area contributed by atoms with Crippen molar-refractivity contribution in [2.45, 2.75) is 43.4 Å². The Hall–Kier alpha value is -0.430. The number of piperidine rings is 1. The number of hydrogen-bond donors (Lipinski definition) is 1. The average molecular weight is 303 g/mol. The van der Waals surface area contributed by atoms with E-state index in [2.05, 4.69) is 6.92 Å². The van der Waals surface area contributed by atoms with Crippen LogP contribution in [0.25, 0.3) is 0 Å². The third kappa shape index (κ3) is 3.37. The Morgan fingerprint density at radius 2 is 2.11 bits per heavy atom. The largest absolute Gasteiger partial charge is 0.392 e. The van der Waals surface area contributed by atoms with Crippen LogP contribution in [-0.2, 0) is 16.6 Å². The summed E-state index contributed by atoms with van der Waals surface area (Å²) in [6, 6.07) is 1.58. The van der Waals surface area contributed by atoms with E-state index in [-0.39, 0.29) is 6.61 Å². The van der Waals surface area contributed by atoms with Crippen LogP contribution in [0.4, 0.5) is 0 Å². The van der Waals surface area contributed by atoms with E-state index in [4.69, 9.17) is 5.11 Å². The highest BCUT2D eigenvalue weighted by Gasteiger charge is 2.30. The molecule has 0 spiro atoms. The summed E-state index contributed by atoms with van der Waals surface area (Å²) in [4.78, 5) is 0. The topological polar surface area (TPSA) is 57.6 Å². The van der Waals surface area contributed by atoms with Crippen molar-refractivity contribution in [3.63, 3.8) is 0 Å². The molecule has 1 aliphatic rings. The first-order valence-corrected chi connectivity index (χ1v) is 9.08. The van der Waals surface area contributed by atoms with Crippen molar-refractivity contribution in [2.24, 2.45) is 5.92 Å². The molecule has 19 heavy (non-hydrogen) atoms. The Kier molecular flexibility index (Phi) is 5.00. The van der Waals surface area contributed by atoms with Gasteiger partial charge in [0.05, 0.1) is 6.61 Å². The molecule has 1 aromatic rings. The maximum absolute atomic E-state index is 12.4. The van der Waals surface area contributed by atoms with E-state index in [1.807, 2.05) is 0 Å². The number of aliphatic hydroxyl groups is 1. The molecule has 0 aliphatic carbocycles. The molecule has 1 N–H and O–H groups in total. The van der Waals surface area contributed by atoms with Crippen molar-refractivity contribution < 1.29 is 13.5 Å². The monoisotopic (exact) mass is 303 g/mol. The van der Waals surface area contributed by atoms with Crippen molar-refractivity contribution in [3.05, 3.63) is 17.0 Å². The Morgan fingerprint density at radius 3 is 2.63 bits per heavy atom. The van der Waals surface area contributed by atoms with Gasteiger partial charge < -0.3 is 5.11 Å². The molecule has 0 aromatic carbocycles. The predicted molar refractivity (Wildman–Crippen MR) is 76.6 cm³/mol. The highest BCUT2D eigenvalue weighted by Crippen LogP contribution is 2.29. The molecular weight excluding hydrogens is 282 g/mol. The summed E-state index contributed by atoms with van der Waals surface area (Å²) in [5.74, 6) is 0.674. The third-order valence-electron chi connectivity index (χ3n) is 3.68. The maximum atomic E-state index is 12.4. The summed E-state index contributed by atoms with van der Waals surface area (Å²) < 4.78 is 26.8. The summed E-state index contributed by atoms with van der Waals surface area (Å²) in [6.45, 7) is 3.31. The van der Waals surface area contributed by atoms with Gasteiger partial charge in [-0.15, -0.1) is 11.3 Å². The quantitative estimate of drug-likeness (QED) is 0.909. The van der Waals surface area contributed by atoms with Gasteiger partial charge >= 0.3 is 0 Å². The van der Waals surface area contributed by atoms with Crippen molar-refractivity contribution in [1.29, 1.82) is 0 Å². The van der Waals surface area contributed by atoms with Gasteiger partial charge in [-0.1, -0.05) is 19.8 Å². The Labute approximate surface area is 119 Å². The molecule has 2 heterocycles. The molecule has 0 bridgehead atoms. The van der Waals surface area contributed by atoms with Gasteiger partial charge in [0.15, 0.2) is 0 Å². The first-order valence-electron chi connectivity index (χ1n) is 6.76. The van der Waals surface area contributed by atoms with Gasteiger partial charge in [-0.2, -0.15) is 4.31 Å². The van der Waals surface area contributed by atoms with E-state index >= 15 is 0 Å². The fourth-order valence-corrected chi connectivity index (χ4v) is 5.37. The van der Waals surface area contributed by atoms with Crippen LogP contribution in [0.5, 0.6) is 0 Å². The second-order valence-electron chi connectivity index (χ2n) is 5.07. The minimum atomic E-state index is -3.35. The molecule has 1 aromatic heterocycles. The predicted octanol–water partition coefficient (Wildman–Crippen LogP) is 2.44. The second kappa shape index (κ2) is 6.35. The summed E-state index contributed by atoms with van der Waals surface area (Å²) >= 11 is 1.20. The minimum Gasteiger partial charge on any atom is -0.392 e. The van der Waals surface area contributed by atoms with Crippen LogP contribution in [-0.4, -0.2) is 30.9 Å². The normalized spacial score (nSPS) is 18.8. The van der Waals surface area contributed by atoms with Gasteiger partial charge in [0, 0.05) is 13.1 Å². The summed E-state index contributed by atoms with van der Waals surface area (Å²) in [5, 5.41) is 10.7. The first-order chi connectivity index (χ1) is 9.07. The summed E-state index contributed by atoms with van der Waals surface area (Å²) in [7, 11) is -3.35. The van der Waals surface area contributed by atoms with Crippen LogP contribution in [0.15, 0.2) is 15.7 Å². The molecule has 0 radical (unpaired) electrons. The Morgan fingerprint density at radius 1 is 1.42 bits per heavy atom. The molecule has 2 rings (SSSR count). The SMILES string of the molecule is CCCC1CCN(S(=O)(=O)c2cc(CO)cs2)CC1. The van der Waals surface area contributed by atoms with Crippen molar-refractivity contribution >= 4 is 21.4 Å². The lowest BCUT2D eigenvalue weighted by Gasteiger charge is -2.30. The van der Waals surface area contributed by atoms with Crippen molar-refractivity contribution in [3.8, 4) is 0 Å². The lowest BCUT2D eigenvalue weighted by atomic mass is 9.94. The number of hydrogen-bond acceptors (Lipinski definition) is 4. The zero-order chi connectivity index (χ0) is 13.9. The fraction of sp³-hybridized carbons (Fsp3) is 0.692. The average Bonchev–Trinajstić information content (AvgIpc) is 2.89. The second-order valence-corrected chi connectivity index (χ2v) is 8.14. The van der Waals surface area contributed by atoms with Gasteiger partial charge in [-0.25, -0.2) is 8.42 Å². The minimum absolute atomic E-state index is 0.107. The van der Waals surface area contributed by atoms with E-state index in [9.17, 15) is 8.42 Å². The van der Waals surface area contributed by atoms with E-state index in [0.29, 0.717) is 28.8 Å². The number of thiophene rings is 1. The molecule has 1 saturated heterocycles. The van der Waals surface area contributed by atoms with E-state index in [1.165, 1.54) is 24.2 Å². The van der Waals surface area contributed by atoms with Gasteiger partial charge in [-0.3, -0.25) is 0 Å². The molecule has 108 valence electrons. The van der Waals surface area contributed by atoms with Crippen LogP contribution in [0.2, 0.25) is 0 Å². The highest BCUT2D eigenvalue weighted by molar-refractivity contribution is 7.91. The molecule has 0 unspecified atom stereocenters. The molecule has 1 fully saturated rings. The van der Waals surface area contributed by atoms with Crippen LogP contribution in [0.1, 0.15) is 38.2 Å². The number of aliphatic hydroxyl groups excluding tert-OH is 1. The van der Waals surface area contributed by atoms with Crippen LogP contribution in [0, 0.1) is 5.92 Å². The lowest BCUT2D eigenvalue weighted by Crippen LogP contribution is -2.38. The molecule has 6 heteroatoms. The molecule has 0 saturated carbocycles. The molecule has 4 nitrogen and oxygen atoms in total. The molecule has 0 amide bonds. The number of nitrogens with zero attached hydrogens (tertiary/aromatic N) is 1. The van der Waals surface area contributed by atoms with Crippen LogP contribution in [0.3, 0.4) is 0 Å². The van der Waals surface area contributed by atoms with E-state index in [0.717, 1.165) is 12.8 Å². The molecule has 1 aliphatic heterocycles. The van der Waals surface area contributed by atoms with Gasteiger partial charge in [0.25, 0.3) is 10.0 Å². The van der Waals surface area contributed by atoms with Crippen molar-refractivity contribution in [2.75, 3.05) is 13.1 Å². The fourth-order valence-electron chi connectivity index (χ4n) is 2.55. The molecule has 0 atom stereocenters. The first kappa shape index (κ1) is 15.0. The maximum Gasteiger partial charge on any atom is 0.252 e. The van der Waals surface area contributed by atoms with Gasteiger partial charge in [-0.05, 0) is 35.8 Å². The molecular formula is C13H21NO3S2. The van der Waals surface area contributed by atoms with Gasteiger partial charge in [0.2, 0.25) is 0 Å². The smallest absolute Gasteiger partial charge is 0.252 e.